The van der Waals surface area contributed by atoms with Crippen molar-refractivity contribution >= 4 is 22.4 Å². The summed E-state index contributed by atoms with van der Waals surface area (Å²) < 4.78 is 7.32. The van der Waals surface area contributed by atoms with Gasteiger partial charge in [0, 0.05) is 35.3 Å². The number of aryl methyl sites for hydroxylation is 1. The van der Waals surface area contributed by atoms with Crippen molar-refractivity contribution in [1.82, 2.24) is 4.57 Å². The lowest BCUT2D eigenvalue weighted by Gasteiger charge is -1.97. The van der Waals surface area contributed by atoms with E-state index in [0.717, 1.165) is 22.0 Å². The van der Waals surface area contributed by atoms with Gasteiger partial charge in [0.2, 0.25) is 0 Å². The van der Waals surface area contributed by atoms with Gasteiger partial charge in [0.25, 0.3) is 0 Å². The smallest absolute Gasteiger partial charge is 0.344 e. The molecule has 3 rings (SSSR count). The first-order valence-electron chi connectivity index (χ1n) is 6.27. The SMILES string of the molecule is C/C=C1\OC(=O)C(c2cn(C)c3ccccc23)=C1C. The second-order valence-corrected chi connectivity index (χ2v) is 4.71. The topological polar surface area (TPSA) is 31.2 Å². The number of fused-ring (bicyclic) bond motifs is 1. The molecule has 2 heterocycles. The Balaban J connectivity index is 2.31. The van der Waals surface area contributed by atoms with Crippen LogP contribution in [-0.4, -0.2) is 10.5 Å². The number of rotatable bonds is 1. The van der Waals surface area contributed by atoms with Gasteiger partial charge in [-0.3, -0.25) is 0 Å². The third-order valence-corrected chi connectivity index (χ3v) is 3.58. The van der Waals surface area contributed by atoms with Crippen molar-refractivity contribution < 1.29 is 9.53 Å². The number of esters is 1. The van der Waals surface area contributed by atoms with E-state index < -0.39 is 0 Å². The van der Waals surface area contributed by atoms with Gasteiger partial charge < -0.3 is 9.30 Å². The minimum absolute atomic E-state index is 0.262. The number of benzene rings is 1. The Bertz CT molecular complexity index is 747. The normalized spacial score (nSPS) is 17.6. The van der Waals surface area contributed by atoms with Crippen molar-refractivity contribution in [3.8, 4) is 0 Å². The molecule has 0 fully saturated rings. The number of allylic oxidation sites excluding steroid dienone is 2. The summed E-state index contributed by atoms with van der Waals surface area (Å²) in [5.41, 5.74) is 3.63. The third kappa shape index (κ3) is 1.62. The Labute approximate surface area is 111 Å². The van der Waals surface area contributed by atoms with E-state index in [1.54, 1.807) is 0 Å². The third-order valence-electron chi connectivity index (χ3n) is 3.58. The minimum Gasteiger partial charge on any atom is -0.423 e. The van der Waals surface area contributed by atoms with Crippen LogP contribution >= 0.6 is 0 Å². The highest BCUT2D eigenvalue weighted by atomic mass is 16.5. The summed E-state index contributed by atoms with van der Waals surface area (Å²) in [4.78, 5) is 12.1. The maximum atomic E-state index is 12.1. The fraction of sp³-hybridized carbons (Fsp3) is 0.188. The number of aromatic nitrogens is 1. The fourth-order valence-electron chi connectivity index (χ4n) is 2.63. The predicted octanol–water partition coefficient (Wildman–Crippen LogP) is 3.41. The average Bonchev–Trinajstić information content (AvgIpc) is 2.88. The van der Waals surface area contributed by atoms with E-state index in [4.69, 9.17) is 4.74 Å². The summed E-state index contributed by atoms with van der Waals surface area (Å²) >= 11 is 0. The first-order valence-corrected chi connectivity index (χ1v) is 6.27. The van der Waals surface area contributed by atoms with Crippen LogP contribution in [-0.2, 0) is 16.6 Å². The lowest BCUT2D eigenvalue weighted by molar-refractivity contribution is -0.131. The molecule has 2 aromatic rings. The van der Waals surface area contributed by atoms with Crippen LogP contribution in [0.2, 0.25) is 0 Å². The molecule has 19 heavy (non-hydrogen) atoms. The minimum atomic E-state index is -0.262. The number of cyclic esters (lactones) is 1. The highest BCUT2D eigenvalue weighted by Gasteiger charge is 2.29. The molecule has 0 amide bonds. The summed E-state index contributed by atoms with van der Waals surface area (Å²) in [5.74, 6) is 0.398. The lowest BCUT2D eigenvalue weighted by Crippen LogP contribution is -1.97. The molecule has 3 heteroatoms. The van der Waals surface area contributed by atoms with Gasteiger partial charge in [-0.1, -0.05) is 18.2 Å². The molecule has 0 unspecified atom stereocenters. The van der Waals surface area contributed by atoms with Crippen LogP contribution in [0.25, 0.3) is 16.5 Å². The predicted molar refractivity (Wildman–Crippen MR) is 75.4 cm³/mol. The first-order chi connectivity index (χ1) is 9.13. The quantitative estimate of drug-likeness (QED) is 0.729. The molecule has 0 bridgehead atoms. The summed E-state index contributed by atoms with van der Waals surface area (Å²) in [6.07, 6.45) is 3.81. The molecular weight excluding hydrogens is 238 g/mol. The standard InChI is InChI=1S/C16H15NO2/c1-4-14-10(2)15(16(18)19-14)12-9-17(3)13-8-6-5-7-11(12)13/h4-9H,1-3H3/b14-4-. The van der Waals surface area contributed by atoms with Gasteiger partial charge in [-0.05, 0) is 26.0 Å². The summed E-state index contributed by atoms with van der Waals surface area (Å²) in [7, 11) is 1.98. The largest absolute Gasteiger partial charge is 0.423 e. The molecule has 1 aromatic heterocycles. The second kappa shape index (κ2) is 4.12. The maximum Gasteiger partial charge on any atom is 0.344 e. The number of ether oxygens (including phenoxy) is 1. The highest BCUT2D eigenvalue weighted by Crippen LogP contribution is 2.36. The number of carbonyl (C=O) groups is 1. The van der Waals surface area contributed by atoms with Gasteiger partial charge in [0.05, 0.1) is 5.57 Å². The molecule has 0 saturated carbocycles. The Morgan fingerprint density at radius 3 is 2.68 bits per heavy atom. The zero-order valence-corrected chi connectivity index (χ0v) is 11.2. The van der Waals surface area contributed by atoms with Crippen molar-refractivity contribution in [2.75, 3.05) is 0 Å². The van der Waals surface area contributed by atoms with Crippen molar-refractivity contribution in [3.05, 3.63) is 53.4 Å². The molecule has 0 radical (unpaired) electrons. The highest BCUT2D eigenvalue weighted by molar-refractivity contribution is 6.24. The Morgan fingerprint density at radius 2 is 2.00 bits per heavy atom. The zero-order valence-electron chi connectivity index (χ0n) is 11.2. The molecule has 96 valence electrons. The zero-order chi connectivity index (χ0) is 13.6. The van der Waals surface area contributed by atoms with Crippen LogP contribution in [0.3, 0.4) is 0 Å². The molecule has 0 saturated heterocycles. The summed E-state index contributed by atoms with van der Waals surface area (Å²) in [6.45, 7) is 3.80. The number of para-hydroxylation sites is 1. The van der Waals surface area contributed by atoms with Gasteiger partial charge >= 0.3 is 5.97 Å². The maximum absolute atomic E-state index is 12.1. The van der Waals surface area contributed by atoms with Crippen LogP contribution in [0.15, 0.2) is 47.9 Å². The van der Waals surface area contributed by atoms with Crippen LogP contribution in [0.1, 0.15) is 19.4 Å². The summed E-state index contributed by atoms with van der Waals surface area (Å²) in [6, 6.07) is 8.06. The molecule has 1 aliphatic rings. The van der Waals surface area contributed by atoms with E-state index in [-0.39, 0.29) is 5.97 Å². The van der Waals surface area contributed by atoms with Gasteiger partial charge in [-0.2, -0.15) is 0 Å². The Morgan fingerprint density at radius 1 is 1.26 bits per heavy atom. The van der Waals surface area contributed by atoms with Gasteiger partial charge in [0.1, 0.15) is 5.76 Å². The van der Waals surface area contributed by atoms with Crippen LogP contribution in [0, 0.1) is 0 Å². The van der Waals surface area contributed by atoms with Crippen LogP contribution in [0.5, 0.6) is 0 Å². The Kier molecular flexibility index (Phi) is 2.56. The van der Waals surface area contributed by atoms with Gasteiger partial charge in [-0.15, -0.1) is 0 Å². The van der Waals surface area contributed by atoms with Crippen LogP contribution < -0.4 is 0 Å². The van der Waals surface area contributed by atoms with E-state index in [1.807, 2.05) is 62.0 Å². The van der Waals surface area contributed by atoms with Crippen LogP contribution in [0.4, 0.5) is 0 Å². The van der Waals surface area contributed by atoms with Gasteiger partial charge in [0.15, 0.2) is 0 Å². The Hall–Kier alpha value is -2.29. The number of hydrogen-bond donors (Lipinski definition) is 0. The van der Waals surface area contributed by atoms with E-state index >= 15 is 0 Å². The molecule has 3 nitrogen and oxygen atoms in total. The molecule has 0 spiro atoms. The first kappa shape index (κ1) is 11.8. The molecule has 0 aliphatic carbocycles. The van der Waals surface area contributed by atoms with E-state index in [9.17, 15) is 4.79 Å². The average molecular weight is 253 g/mol. The molecule has 0 atom stereocenters. The molecule has 0 N–H and O–H groups in total. The van der Waals surface area contributed by atoms with E-state index in [1.165, 1.54) is 0 Å². The van der Waals surface area contributed by atoms with Crippen molar-refractivity contribution in [3.63, 3.8) is 0 Å². The number of carbonyl (C=O) groups excluding carboxylic acids is 1. The van der Waals surface area contributed by atoms with Crippen molar-refractivity contribution in [1.29, 1.82) is 0 Å². The van der Waals surface area contributed by atoms with Crippen molar-refractivity contribution in [2.24, 2.45) is 7.05 Å². The monoisotopic (exact) mass is 253 g/mol. The van der Waals surface area contributed by atoms with E-state index in [2.05, 4.69) is 0 Å². The van der Waals surface area contributed by atoms with Gasteiger partial charge in [-0.25, -0.2) is 4.79 Å². The molecule has 1 aromatic carbocycles. The fourth-order valence-corrected chi connectivity index (χ4v) is 2.63. The molecule has 1 aliphatic heterocycles. The summed E-state index contributed by atoms with van der Waals surface area (Å²) in [5, 5.41) is 1.08. The van der Waals surface area contributed by atoms with Crippen molar-refractivity contribution in [2.45, 2.75) is 13.8 Å². The number of hydrogen-bond acceptors (Lipinski definition) is 2. The lowest BCUT2D eigenvalue weighted by atomic mass is 10.0. The second-order valence-electron chi connectivity index (χ2n) is 4.71. The van der Waals surface area contributed by atoms with E-state index in [0.29, 0.717) is 11.3 Å². The molecular formula is C16H15NO2. The number of nitrogens with zero attached hydrogens (tertiary/aromatic N) is 1.